The van der Waals surface area contributed by atoms with Crippen LogP contribution in [-0.2, 0) is 22.7 Å². The molecule has 118 valence electrons. The molecule has 0 saturated heterocycles. The summed E-state index contributed by atoms with van der Waals surface area (Å²) in [7, 11) is 0. The third kappa shape index (κ3) is 6.58. The Bertz CT molecular complexity index is 795. The number of aromatic amines is 3. The Kier molecular flexibility index (Phi) is 7.09. The zero-order chi connectivity index (χ0) is 17.1. The van der Waals surface area contributed by atoms with E-state index in [0.29, 0.717) is 0 Å². The average molecular weight is 317 g/mol. The number of benzene rings is 1. The fraction of sp³-hybridized carbons (Fsp3) is 0.154. The van der Waals surface area contributed by atoms with Gasteiger partial charge in [0.2, 0.25) is 12.2 Å². The zero-order valence-corrected chi connectivity index (χ0v) is 11.7. The first-order chi connectivity index (χ1) is 11.1. The van der Waals surface area contributed by atoms with Crippen LogP contribution < -0.4 is 17.1 Å². The van der Waals surface area contributed by atoms with E-state index in [2.05, 4.69) is 9.98 Å². The van der Waals surface area contributed by atoms with Crippen molar-refractivity contribution >= 4 is 12.2 Å². The van der Waals surface area contributed by atoms with Crippen molar-refractivity contribution in [3.05, 3.63) is 66.8 Å². The Morgan fingerprint density at radius 2 is 1.09 bits per heavy atom. The number of nitrogens with zero attached hydrogens (tertiary/aromatic N) is 2. The molecule has 0 spiro atoms. The topological polar surface area (TPSA) is 157 Å². The molecule has 1 heterocycles. The van der Waals surface area contributed by atoms with Gasteiger partial charge in [0.1, 0.15) is 0 Å². The molecule has 1 aromatic carbocycles. The first kappa shape index (κ1) is 17.4. The Morgan fingerprint density at radius 1 is 0.739 bits per heavy atom. The van der Waals surface area contributed by atoms with E-state index in [0.717, 1.165) is 11.1 Å². The molecule has 0 aliphatic carbocycles. The van der Waals surface area contributed by atoms with Gasteiger partial charge in [0.15, 0.2) is 0 Å². The van der Waals surface area contributed by atoms with Crippen molar-refractivity contribution in [3.63, 3.8) is 0 Å². The van der Waals surface area contributed by atoms with Gasteiger partial charge in [-0.1, -0.05) is 24.3 Å². The predicted octanol–water partition coefficient (Wildman–Crippen LogP) is -0.890. The largest absolute Gasteiger partial charge is 0.330 e. The number of aliphatic imine (C=N–C) groups is 2. The molecule has 0 bridgehead atoms. The highest BCUT2D eigenvalue weighted by Crippen LogP contribution is 2.10. The summed E-state index contributed by atoms with van der Waals surface area (Å²) in [5.41, 5.74) is -0.666. The van der Waals surface area contributed by atoms with Crippen LogP contribution in [0, 0.1) is 0 Å². The van der Waals surface area contributed by atoms with Crippen LogP contribution in [0.3, 0.4) is 0 Å². The van der Waals surface area contributed by atoms with Crippen molar-refractivity contribution in [3.8, 4) is 0 Å². The normalized spacial score (nSPS) is 8.87. The van der Waals surface area contributed by atoms with E-state index in [1.54, 1.807) is 15.0 Å². The molecule has 0 aliphatic heterocycles. The summed E-state index contributed by atoms with van der Waals surface area (Å²) in [5.74, 6) is 0. The monoisotopic (exact) mass is 317 g/mol. The third-order valence-electron chi connectivity index (χ3n) is 2.43. The average Bonchev–Trinajstić information content (AvgIpc) is 2.51. The Hall–Kier alpha value is -3.61. The number of nitrogens with one attached hydrogen (secondary N) is 3. The van der Waals surface area contributed by atoms with Gasteiger partial charge in [0, 0.05) is 0 Å². The van der Waals surface area contributed by atoms with E-state index in [1.165, 1.54) is 12.2 Å². The summed E-state index contributed by atoms with van der Waals surface area (Å²) >= 11 is 0. The highest BCUT2D eigenvalue weighted by molar-refractivity contribution is 5.37. The highest BCUT2D eigenvalue weighted by atomic mass is 16.2. The molecule has 0 fully saturated rings. The van der Waals surface area contributed by atoms with E-state index in [4.69, 9.17) is 0 Å². The molecule has 10 heteroatoms. The number of isocyanates is 2. The van der Waals surface area contributed by atoms with Crippen molar-refractivity contribution in [1.82, 2.24) is 15.0 Å². The molecule has 0 aliphatic rings. The van der Waals surface area contributed by atoms with Crippen LogP contribution >= 0.6 is 0 Å². The molecule has 0 radical (unpaired) electrons. The minimum absolute atomic E-state index is 0.272. The van der Waals surface area contributed by atoms with Gasteiger partial charge < -0.3 is 0 Å². The second-order valence-corrected chi connectivity index (χ2v) is 3.95. The second kappa shape index (κ2) is 9.35. The summed E-state index contributed by atoms with van der Waals surface area (Å²) in [6, 6.07) is 7.33. The van der Waals surface area contributed by atoms with Crippen LogP contribution in [0.4, 0.5) is 0 Å². The molecule has 23 heavy (non-hydrogen) atoms. The summed E-state index contributed by atoms with van der Waals surface area (Å²) in [6.07, 6.45) is 2.93. The molecule has 3 N–H and O–H groups in total. The molecule has 0 unspecified atom stereocenters. The van der Waals surface area contributed by atoms with Crippen LogP contribution in [0.25, 0.3) is 0 Å². The fourth-order valence-electron chi connectivity index (χ4n) is 1.50. The maximum atomic E-state index is 10.2. The Morgan fingerprint density at radius 3 is 1.39 bits per heavy atom. The van der Waals surface area contributed by atoms with Crippen LogP contribution in [0.15, 0.2) is 48.6 Å². The standard InChI is InChI=1S/C10H8N2O2.C3H3N3O3/c13-7-11-5-9-3-1-2-4-10(9)6-12-8-14;7-1-4-2(8)6-3(9)5-1/h1-4H,5-6H2;(H3,4,5,6,7,8,9). The smallest absolute Gasteiger partial charge is 0.259 e. The van der Waals surface area contributed by atoms with E-state index in [1.807, 2.05) is 24.3 Å². The predicted molar refractivity (Wildman–Crippen MR) is 78.4 cm³/mol. The Labute approximate surface area is 127 Å². The van der Waals surface area contributed by atoms with Gasteiger partial charge >= 0.3 is 17.1 Å². The van der Waals surface area contributed by atoms with Gasteiger partial charge in [0.25, 0.3) is 0 Å². The third-order valence-corrected chi connectivity index (χ3v) is 2.43. The number of H-pyrrole nitrogens is 3. The van der Waals surface area contributed by atoms with Gasteiger partial charge in [-0.15, -0.1) is 0 Å². The van der Waals surface area contributed by atoms with Crippen molar-refractivity contribution in [2.24, 2.45) is 9.98 Å². The van der Waals surface area contributed by atoms with Crippen LogP contribution in [0.5, 0.6) is 0 Å². The summed E-state index contributed by atoms with van der Waals surface area (Å²) in [5, 5.41) is 0. The number of rotatable bonds is 4. The molecule has 0 atom stereocenters. The molecule has 2 rings (SSSR count). The maximum Gasteiger partial charge on any atom is 0.330 e. The van der Waals surface area contributed by atoms with Crippen LogP contribution in [0.2, 0.25) is 0 Å². The zero-order valence-electron chi connectivity index (χ0n) is 11.7. The number of hydrogen-bond acceptors (Lipinski definition) is 7. The van der Waals surface area contributed by atoms with E-state index in [-0.39, 0.29) is 13.1 Å². The second-order valence-electron chi connectivity index (χ2n) is 3.95. The molecule has 0 saturated carbocycles. The lowest BCUT2D eigenvalue weighted by atomic mass is 10.1. The lowest BCUT2D eigenvalue weighted by Gasteiger charge is -2.01. The van der Waals surface area contributed by atoms with Gasteiger partial charge in [-0.3, -0.25) is 15.0 Å². The van der Waals surface area contributed by atoms with Crippen LogP contribution in [0.1, 0.15) is 11.1 Å². The summed E-state index contributed by atoms with van der Waals surface area (Å²) in [4.78, 5) is 62.7. The fourth-order valence-corrected chi connectivity index (χ4v) is 1.50. The quantitative estimate of drug-likeness (QED) is 0.492. The Balaban J connectivity index is 0.000000253. The van der Waals surface area contributed by atoms with Crippen molar-refractivity contribution in [2.45, 2.75) is 13.1 Å². The summed E-state index contributed by atoms with van der Waals surface area (Å²) < 4.78 is 0. The van der Waals surface area contributed by atoms with Gasteiger partial charge in [-0.05, 0) is 11.1 Å². The van der Waals surface area contributed by atoms with E-state index in [9.17, 15) is 24.0 Å². The van der Waals surface area contributed by atoms with Gasteiger partial charge in [-0.2, -0.15) is 0 Å². The molecule has 0 amide bonds. The molecule has 1 aromatic heterocycles. The molecular formula is C13H11N5O5. The van der Waals surface area contributed by atoms with E-state index >= 15 is 0 Å². The van der Waals surface area contributed by atoms with Crippen molar-refractivity contribution in [1.29, 1.82) is 0 Å². The number of hydrogen-bond donors (Lipinski definition) is 3. The SMILES string of the molecule is O=C=NCc1ccccc1CN=C=O.O=c1[nH]c(=O)[nH]c(=O)[nH]1. The minimum Gasteiger partial charge on any atom is -0.259 e. The minimum atomic E-state index is -0.802. The summed E-state index contributed by atoms with van der Waals surface area (Å²) in [6.45, 7) is 0.544. The number of carbonyl (C=O) groups excluding carboxylic acids is 2. The van der Waals surface area contributed by atoms with E-state index < -0.39 is 17.1 Å². The molecule has 2 aromatic rings. The lowest BCUT2D eigenvalue weighted by molar-refractivity contribution is 0.561. The maximum absolute atomic E-state index is 10.2. The molecule has 10 nitrogen and oxygen atoms in total. The van der Waals surface area contributed by atoms with Crippen molar-refractivity contribution < 1.29 is 9.59 Å². The highest BCUT2D eigenvalue weighted by Gasteiger charge is 1.99. The lowest BCUT2D eigenvalue weighted by Crippen LogP contribution is -2.34. The van der Waals surface area contributed by atoms with Gasteiger partial charge in [0.05, 0.1) is 13.1 Å². The van der Waals surface area contributed by atoms with Crippen molar-refractivity contribution in [2.75, 3.05) is 0 Å². The van der Waals surface area contributed by atoms with Crippen LogP contribution in [-0.4, -0.2) is 27.1 Å². The first-order valence-corrected chi connectivity index (χ1v) is 6.13. The first-order valence-electron chi connectivity index (χ1n) is 6.13. The number of aromatic nitrogens is 3. The molecular weight excluding hydrogens is 306 g/mol. The van der Waals surface area contributed by atoms with Gasteiger partial charge in [-0.25, -0.2) is 34.0 Å².